The van der Waals surface area contributed by atoms with Crippen LogP contribution in [0.4, 0.5) is 0 Å². The van der Waals surface area contributed by atoms with E-state index in [0.717, 1.165) is 23.0 Å². The number of rotatable bonds is 1. The van der Waals surface area contributed by atoms with Crippen LogP contribution in [0.1, 0.15) is 65.2 Å². The van der Waals surface area contributed by atoms with Gasteiger partial charge in [-0.05, 0) is 36.3 Å². The van der Waals surface area contributed by atoms with Crippen molar-refractivity contribution in [3.8, 4) is 0 Å². The molecule has 0 radical (unpaired) electrons. The Morgan fingerprint density at radius 2 is 1.38 bits per heavy atom. The van der Waals surface area contributed by atoms with Gasteiger partial charge in [0.15, 0.2) is 0 Å². The first-order valence-electron chi connectivity index (χ1n) is 7.40. The Kier molecular flexibility index (Phi) is 5.06. The summed E-state index contributed by atoms with van der Waals surface area (Å²) in [6.07, 6.45) is 12.0. The topological polar surface area (TPSA) is 0 Å². The number of hydrogen-bond acceptors (Lipinski definition) is 1. The second kappa shape index (κ2) is 6.33. The van der Waals surface area contributed by atoms with Crippen LogP contribution in [-0.4, -0.2) is 11.0 Å². The Morgan fingerprint density at radius 1 is 0.812 bits per heavy atom. The summed E-state index contributed by atoms with van der Waals surface area (Å²) in [5, 5.41) is 0.994. The van der Waals surface area contributed by atoms with E-state index in [2.05, 4.69) is 25.6 Å². The van der Waals surface area contributed by atoms with Crippen LogP contribution in [0.5, 0.6) is 0 Å². The van der Waals surface area contributed by atoms with Crippen molar-refractivity contribution in [2.75, 3.05) is 5.75 Å². The fourth-order valence-electron chi connectivity index (χ4n) is 3.45. The molecule has 0 aromatic carbocycles. The van der Waals surface area contributed by atoms with E-state index in [0.29, 0.717) is 0 Å². The molecule has 0 spiro atoms. The summed E-state index contributed by atoms with van der Waals surface area (Å²) < 4.78 is 0. The Labute approximate surface area is 106 Å². The highest BCUT2D eigenvalue weighted by Gasteiger charge is 2.35. The maximum Gasteiger partial charge on any atom is 0.0104 e. The van der Waals surface area contributed by atoms with E-state index in [4.69, 9.17) is 0 Å². The van der Waals surface area contributed by atoms with Crippen molar-refractivity contribution in [2.24, 2.45) is 17.8 Å². The highest BCUT2D eigenvalue weighted by molar-refractivity contribution is 8.00. The molecule has 94 valence electrons. The van der Waals surface area contributed by atoms with Crippen LogP contribution >= 0.6 is 11.8 Å². The van der Waals surface area contributed by atoms with E-state index in [1.54, 1.807) is 0 Å². The summed E-state index contributed by atoms with van der Waals surface area (Å²) in [4.78, 5) is 0. The van der Waals surface area contributed by atoms with Crippen LogP contribution in [0.25, 0.3) is 0 Å². The lowest BCUT2D eigenvalue weighted by molar-refractivity contribution is 0.320. The van der Waals surface area contributed by atoms with Crippen LogP contribution in [0.3, 0.4) is 0 Å². The Morgan fingerprint density at radius 3 is 1.88 bits per heavy atom. The summed E-state index contributed by atoms with van der Waals surface area (Å²) in [7, 11) is 0. The van der Waals surface area contributed by atoms with E-state index in [1.807, 2.05) is 0 Å². The highest BCUT2D eigenvalue weighted by Crippen LogP contribution is 2.44. The second-order valence-electron chi connectivity index (χ2n) is 6.09. The minimum Gasteiger partial charge on any atom is -0.158 e. The van der Waals surface area contributed by atoms with Crippen LogP contribution in [0.15, 0.2) is 0 Å². The molecule has 3 atom stereocenters. The summed E-state index contributed by atoms with van der Waals surface area (Å²) in [5.74, 6) is 4.39. The van der Waals surface area contributed by atoms with Crippen LogP contribution < -0.4 is 0 Å². The van der Waals surface area contributed by atoms with Crippen LogP contribution in [-0.2, 0) is 0 Å². The zero-order valence-corrected chi connectivity index (χ0v) is 11.9. The first-order chi connectivity index (χ1) is 7.79. The van der Waals surface area contributed by atoms with Crippen molar-refractivity contribution >= 4 is 11.8 Å². The van der Waals surface area contributed by atoms with E-state index in [-0.39, 0.29) is 0 Å². The molecule has 0 aromatic heterocycles. The SMILES string of the molecule is CC1CSC(C2CCCCCCCC2)C1C. The molecule has 2 fully saturated rings. The van der Waals surface area contributed by atoms with Crippen LogP contribution in [0.2, 0.25) is 0 Å². The molecular weight excluding hydrogens is 212 g/mol. The van der Waals surface area contributed by atoms with E-state index >= 15 is 0 Å². The third-order valence-electron chi connectivity index (χ3n) is 4.83. The van der Waals surface area contributed by atoms with E-state index in [1.165, 1.54) is 57.1 Å². The molecule has 1 saturated carbocycles. The normalized spacial score (nSPS) is 39.0. The van der Waals surface area contributed by atoms with Crippen molar-refractivity contribution in [2.45, 2.75) is 70.5 Å². The van der Waals surface area contributed by atoms with E-state index < -0.39 is 0 Å². The lowest BCUT2D eigenvalue weighted by Crippen LogP contribution is -2.23. The second-order valence-corrected chi connectivity index (χ2v) is 7.30. The molecule has 2 rings (SSSR count). The summed E-state index contributed by atoms with van der Waals surface area (Å²) in [5.41, 5.74) is 0. The number of thioether (sulfide) groups is 1. The van der Waals surface area contributed by atoms with Crippen molar-refractivity contribution in [1.82, 2.24) is 0 Å². The third-order valence-corrected chi connectivity index (χ3v) is 6.75. The summed E-state index contributed by atoms with van der Waals surface area (Å²) >= 11 is 2.29. The zero-order valence-electron chi connectivity index (χ0n) is 11.1. The van der Waals surface area contributed by atoms with Gasteiger partial charge in [-0.2, -0.15) is 11.8 Å². The first-order valence-corrected chi connectivity index (χ1v) is 8.45. The van der Waals surface area contributed by atoms with Gasteiger partial charge in [0.25, 0.3) is 0 Å². The van der Waals surface area contributed by atoms with Gasteiger partial charge >= 0.3 is 0 Å². The molecule has 1 heteroatoms. The molecule has 0 aromatic rings. The number of hydrogen-bond donors (Lipinski definition) is 0. The van der Waals surface area contributed by atoms with Crippen molar-refractivity contribution in [3.05, 3.63) is 0 Å². The van der Waals surface area contributed by atoms with Gasteiger partial charge in [0.2, 0.25) is 0 Å². The molecule has 0 bridgehead atoms. The molecule has 16 heavy (non-hydrogen) atoms. The van der Waals surface area contributed by atoms with Crippen molar-refractivity contribution in [1.29, 1.82) is 0 Å². The van der Waals surface area contributed by atoms with Gasteiger partial charge < -0.3 is 0 Å². The Balaban J connectivity index is 1.89. The minimum atomic E-state index is 0.961. The van der Waals surface area contributed by atoms with Gasteiger partial charge in [-0.3, -0.25) is 0 Å². The largest absolute Gasteiger partial charge is 0.158 e. The predicted octanol–water partition coefficient (Wildman–Crippen LogP) is 5.12. The van der Waals surface area contributed by atoms with E-state index in [9.17, 15) is 0 Å². The molecule has 3 unspecified atom stereocenters. The molecule has 1 aliphatic heterocycles. The zero-order chi connectivity index (χ0) is 11.4. The fraction of sp³-hybridized carbons (Fsp3) is 1.00. The van der Waals surface area contributed by atoms with Crippen molar-refractivity contribution < 1.29 is 0 Å². The van der Waals surface area contributed by atoms with Gasteiger partial charge in [0.1, 0.15) is 0 Å². The lowest BCUT2D eigenvalue weighted by atomic mass is 9.83. The average Bonchev–Trinajstić information content (AvgIpc) is 2.67. The molecule has 0 amide bonds. The third kappa shape index (κ3) is 3.18. The van der Waals surface area contributed by atoms with Gasteiger partial charge in [-0.15, -0.1) is 0 Å². The van der Waals surface area contributed by atoms with Gasteiger partial charge in [0, 0.05) is 5.25 Å². The van der Waals surface area contributed by atoms with Gasteiger partial charge in [-0.25, -0.2) is 0 Å². The molecule has 0 N–H and O–H groups in total. The Hall–Kier alpha value is 0.350. The van der Waals surface area contributed by atoms with Crippen LogP contribution in [0, 0.1) is 17.8 Å². The molecule has 0 nitrogen and oxygen atoms in total. The first kappa shape index (κ1) is 12.8. The fourth-order valence-corrected chi connectivity index (χ4v) is 5.39. The molecular formula is C15H28S. The molecule has 1 saturated heterocycles. The Bertz CT molecular complexity index is 192. The summed E-state index contributed by atoms with van der Waals surface area (Å²) in [6.45, 7) is 4.95. The van der Waals surface area contributed by atoms with Gasteiger partial charge in [-0.1, -0.05) is 52.4 Å². The summed E-state index contributed by atoms with van der Waals surface area (Å²) in [6, 6.07) is 0. The predicted molar refractivity (Wildman–Crippen MR) is 75.0 cm³/mol. The molecule has 1 aliphatic carbocycles. The smallest absolute Gasteiger partial charge is 0.0104 e. The maximum atomic E-state index is 2.50. The standard InChI is InChI=1S/C15H28S/c1-12-11-16-15(13(12)2)14-9-7-5-3-4-6-8-10-14/h12-15H,3-11H2,1-2H3. The average molecular weight is 240 g/mol. The molecule has 2 aliphatic rings. The molecule has 1 heterocycles. The lowest BCUT2D eigenvalue weighted by Gasteiger charge is -2.27. The highest BCUT2D eigenvalue weighted by atomic mass is 32.2. The van der Waals surface area contributed by atoms with Gasteiger partial charge in [0.05, 0.1) is 0 Å². The maximum absolute atomic E-state index is 2.50. The quantitative estimate of drug-likeness (QED) is 0.612. The minimum absolute atomic E-state index is 0.961. The van der Waals surface area contributed by atoms with Crippen molar-refractivity contribution in [3.63, 3.8) is 0 Å². The monoisotopic (exact) mass is 240 g/mol.